The quantitative estimate of drug-likeness (QED) is 0.292. The summed E-state index contributed by atoms with van der Waals surface area (Å²) in [5.74, 6) is 1.50. The summed E-state index contributed by atoms with van der Waals surface area (Å²) in [5.41, 5.74) is 1.05. The zero-order valence-corrected chi connectivity index (χ0v) is 18.5. The van der Waals surface area contributed by atoms with Gasteiger partial charge in [0.05, 0.1) is 13.7 Å². The molecule has 148 valence electrons. The number of rotatable bonds is 8. The van der Waals surface area contributed by atoms with Crippen LogP contribution in [0.15, 0.2) is 23.2 Å². The third-order valence-electron chi connectivity index (χ3n) is 4.63. The molecule has 1 fully saturated rings. The van der Waals surface area contributed by atoms with E-state index in [2.05, 4.69) is 15.6 Å². The second-order valence-corrected chi connectivity index (χ2v) is 6.74. The zero-order valence-electron chi connectivity index (χ0n) is 15.4. The van der Waals surface area contributed by atoms with Crippen LogP contribution in [0.3, 0.4) is 0 Å². The van der Waals surface area contributed by atoms with Gasteiger partial charge in [-0.15, -0.1) is 24.0 Å². The number of hydrogen-bond donors (Lipinski definition) is 3. The van der Waals surface area contributed by atoms with Crippen molar-refractivity contribution in [1.82, 2.24) is 10.6 Å². The van der Waals surface area contributed by atoms with Crippen LogP contribution in [-0.4, -0.2) is 58.1 Å². The molecule has 0 saturated carbocycles. The first-order chi connectivity index (χ1) is 12.1. The third kappa shape index (κ3) is 6.75. The third-order valence-corrected chi connectivity index (χ3v) is 4.98. The number of hydrogen-bond acceptors (Lipinski definition) is 4. The molecule has 1 unspecified atom stereocenters. The van der Waals surface area contributed by atoms with Crippen LogP contribution in [0.1, 0.15) is 18.4 Å². The molecule has 1 aliphatic heterocycles. The maximum absolute atomic E-state index is 9.29. The SMILES string of the molecule is CN=C(NCCc1ccc(OC)cc1Cl)NCC1(CCO)CCOC1.I. The normalized spacial score (nSPS) is 19.8. The minimum absolute atomic E-state index is 0. The van der Waals surface area contributed by atoms with E-state index in [-0.39, 0.29) is 36.0 Å². The van der Waals surface area contributed by atoms with Crippen molar-refractivity contribution >= 4 is 41.5 Å². The molecule has 1 atom stereocenters. The molecule has 1 heterocycles. The average molecular weight is 498 g/mol. The summed E-state index contributed by atoms with van der Waals surface area (Å²) in [7, 11) is 3.38. The lowest BCUT2D eigenvalue weighted by atomic mass is 9.84. The number of methoxy groups -OCH3 is 1. The standard InChI is InChI=1S/C18H28ClN3O3.HI/c1-20-17(22-12-18(6-9-23)7-10-25-13-18)21-8-5-14-3-4-15(24-2)11-16(14)19;/h3-4,11,23H,5-10,12-13H2,1-2H3,(H2,20,21,22);1H. The van der Waals surface area contributed by atoms with Crippen molar-refractivity contribution in [1.29, 1.82) is 0 Å². The Balaban J connectivity index is 0.00000338. The first-order valence-electron chi connectivity index (χ1n) is 8.58. The van der Waals surface area contributed by atoms with E-state index in [1.807, 2.05) is 18.2 Å². The van der Waals surface area contributed by atoms with E-state index >= 15 is 0 Å². The van der Waals surface area contributed by atoms with E-state index in [9.17, 15) is 5.11 Å². The van der Waals surface area contributed by atoms with Crippen LogP contribution in [-0.2, 0) is 11.2 Å². The number of aliphatic hydroxyl groups excluding tert-OH is 1. The Hall–Kier alpha value is -0.770. The zero-order chi connectivity index (χ0) is 18.1. The van der Waals surface area contributed by atoms with E-state index in [0.717, 1.165) is 56.2 Å². The predicted molar refractivity (Wildman–Crippen MR) is 116 cm³/mol. The Kier molecular flexibility index (Phi) is 10.6. The van der Waals surface area contributed by atoms with Gasteiger partial charge in [0.1, 0.15) is 5.75 Å². The minimum atomic E-state index is -0.00827. The molecule has 0 aromatic heterocycles. The van der Waals surface area contributed by atoms with Crippen molar-refractivity contribution in [2.24, 2.45) is 10.4 Å². The first kappa shape index (κ1) is 23.3. The molecule has 6 nitrogen and oxygen atoms in total. The van der Waals surface area contributed by atoms with E-state index in [4.69, 9.17) is 21.1 Å². The molecule has 26 heavy (non-hydrogen) atoms. The molecule has 1 aliphatic rings. The largest absolute Gasteiger partial charge is 0.497 e. The topological polar surface area (TPSA) is 75.1 Å². The van der Waals surface area contributed by atoms with Gasteiger partial charge in [0.2, 0.25) is 0 Å². The summed E-state index contributed by atoms with van der Waals surface area (Å²) in [6.07, 6.45) is 2.48. The molecule has 0 aliphatic carbocycles. The fourth-order valence-corrected chi connectivity index (χ4v) is 3.24. The van der Waals surface area contributed by atoms with Gasteiger partial charge < -0.3 is 25.2 Å². The van der Waals surface area contributed by atoms with Gasteiger partial charge in [-0.1, -0.05) is 17.7 Å². The molecule has 3 N–H and O–H groups in total. The van der Waals surface area contributed by atoms with Gasteiger partial charge in [0.15, 0.2) is 5.96 Å². The first-order valence-corrected chi connectivity index (χ1v) is 8.96. The monoisotopic (exact) mass is 497 g/mol. The Labute approximate surface area is 177 Å². The van der Waals surface area contributed by atoms with E-state index in [0.29, 0.717) is 11.6 Å². The molecule has 1 saturated heterocycles. The van der Waals surface area contributed by atoms with Crippen molar-refractivity contribution in [2.75, 3.05) is 47.1 Å². The molecule has 8 heteroatoms. The van der Waals surface area contributed by atoms with Gasteiger partial charge in [-0.3, -0.25) is 4.99 Å². The highest BCUT2D eigenvalue weighted by molar-refractivity contribution is 14.0. The molecule has 0 amide bonds. The lowest BCUT2D eigenvalue weighted by Gasteiger charge is -2.27. The molecule has 2 rings (SSSR count). The fourth-order valence-electron chi connectivity index (χ4n) is 2.98. The highest BCUT2D eigenvalue weighted by atomic mass is 127. The number of benzene rings is 1. The summed E-state index contributed by atoms with van der Waals surface area (Å²) in [6.45, 7) is 3.06. The molecule has 1 aromatic carbocycles. The van der Waals surface area contributed by atoms with E-state index < -0.39 is 0 Å². The van der Waals surface area contributed by atoms with Crippen LogP contribution < -0.4 is 15.4 Å². The fraction of sp³-hybridized carbons (Fsp3) is 0.611. The Morgan fingerprint density at radius 2 is 2.23 bits per heavy atom. The molecule has 0 bridgehead atoms. The second-order valence-electron chi connectivity index (χ2n) is 6.34. The summed E-state index contributed by atoms with van der Waals surface area (Å²) < 4.78 is 10.7. The highest BCUT2D eigenvalue weighted by Gasteiger charge is 2.34. The maximum atomic E-state index is 9.29. The van der Waals surface area contributed by atoms with Crippen molar-refractivity contribution in [2.45, 2.75) is 19.3 Å². The van der Waals surface area contributed by atoms with Gasteiger partial charge in [-0.2, -0.15) is 0 Å². The summed E-state index contributed by atoms with van der Waals surface area (Å²) >= 11 is 6.27. The Morgan fingerprint density at radius 3 is 2.81 bits per heavy atom. The molecular formula is C18H29ClIN3O3. The van der Waals surface area contributed by atoms with Gasteiger partial charge in [-0.25, -0.2) is 0 Å². The maximum Gasteiger partial charge on any atom is 0.191 e. The van der Waals surface area contributed by atoms with Crippen molar-refractivity contribution < 1.29 is 14.6 Å². The number of aliphatic hydroxyl groups is 1. The van der Waals surface area contributed by atoms with Crippen LogP contribution in [0.2, 0.25) is 5.02 Å². The lowest BCUT2D eigenvalue weighted by Crippen LogP contribution is -2.45. The molecule has 1 aromatic rings. The van der Waals surface area contributed by atoms with Gasteiger partial charge in [0, 0.05) is 43.8 Å². The van der Waals surface area contributed by atoms with Gasteiger partial charge >= 0.3 is 0 Å². The molecule has 0 radical (unpaired) electrons. The number of halogens is 2. The van der Waals surface area contributed by atoms with Crippen molar-refractivity contribution in [3.8, 4) is 5.75 Å². The van der Waals surface area contributed by atoms with E-state index in [1.165, 1.54) is 0 Å². The Bertz CT molecular complexity index is 581. The van der Waals surface area contributed by atoms with Gasteiger partial charge in [-0.05, 0) is 37.0 Å². The summed E-state index contributed by atoms with van der Waals surface area (Å²) in [6, 6.07) is 5.71. The van der Waals surface area contributed by atoms with Gasteiger partial charge in [0.25, 0.3) is 0 Å². The van der Waals surface area contributed by atoms with Crippen molar-refractivity contribution in [3.05, 3.63) is 28.8 Å². The summed E-state index contributed by atoms with van der Waals surface area (Å²) in [4.78, 5) is 4.26. The Morgan fingerprint density at radius 1 is 1.42 bits per heavy atom. The van der Waals surface area contributed by atoms with E-state index in [1.54, 1.807) is 14.2 Å². The lowest BCUT2D eigenvalue weighted by molar-refractivity contribution is 0.127. The number of nitrogens with zero attached hydrogens (tertiary/aromatic N) is 1. The van der Waals surface area contributed by atoms with Crippen LogP contribution >= 0.6 is 35.6 Å². The smallest absolute Gasteiger partial charge is 0.191 e. The molecule has 0 spiro atoms. The van der Waals surface area contributed by atoms with Crippen molar-refractivity contribution in [3.63, 3.8) is 0 Å². The predicted octanol–water partition coefficient (Wildman–Crippen LogP) is 2.46. The minimum Gasteiger partial charge on any atom is -0.497 e. The van der Waals surface area contributed by atoms with Crippen LogP contribution in [0.25, 0.3) is 0 Å². The number of ether oxygens (including phenoxy) is 2. The summed E-state index contributed by atoms with van der Waals surface area (Å²) in [5, 5.41) is 16.7. The van der Waals surface area contributed by atoms with Crippen LogP contribution in [0, 0.1) is 5.41 Å². The van der Waals surface area contributed by atoms with Crippen LogP contribution in [0.5, 0.6) is 5.75 Å². The number of aliphatic imine (C=N–C) groups is 1. The molecular weight excluding hydrogens is 469 g/mol. The number of nitrogens with one attached hydrogen (secondary N) is 2. The number of guanidine groups is 1. The average Bonchev–Trinajstić information content (AvgIpc) is 3.08. The highest BCUT2D eigenvalue weighted by Crippen LogP contribution is 2.31. The van der Waals surface area contributed by atoms with Crippen LogP contribution in [0.4, 0.5) is 0 Å². The second kappa shape index (κ2) is 11.8.